The van der Waals surface area contributed by atoms with Gasteiger partial charge in [-0.3, -0.25) is 9.59 Å². The van der Waals surface area contributed by atoms with Crippen LogP contribution in [0.4, 0.5) is 4.39 Å². The Morgan fingerprint density at radius 2 is 2.11 bits per heavy atom. The van der Waals surface area contributed by atoms with Gasteiger partial charge in [-0.25, -0.2) is 4.39 Å². The maximum atomic E-state index is 13.7. The molecule has 0 bridgehead atoms. The van der Waals surface area contributed by atoms with Crippen LogP contribution in [0.2, 0.25) is 5.02 Å². The lowest BCUT2D eigenvalue weighted by Gasteiger charge is -2.35. The number of hydrogen-bond donors (Lipinski definition) is 1. The van der Waals surface area contributed by atoms with Gasteiger partial charge in [0.2, 0.25) is 0 Å². The van der Waals surface area contributed by atoms with Gasteiger partial charge in [0, 0.05) is 18.3 Å². The Hall–Kier alpha value is -2.14. The third kappa shape index (κ3) is 4.08. The highest BCUT2D eigenvalue weighted by Gasteiger charge is 2.31. The fraction of sp³-hybridized carbons (Fsp3) is 0.429. The summed E-state index contributed by atoms with van der Waals surface area (Å²) in [6.07, 6.45) is 3.86. The Morgan fingerprint density at radius 3 is 2.70 bits per heavy atom. The topological polar surface area (TPSA) is 51.1 Å². The monoisotopic (exact) mass is 390 g/mol. The predicted molar refractivity (Wildman–Crippen MR) is 105 cm³/mol. The normalized spacial score (nSPS) is 15.3. The van der Waals surface area contributed by atoms with Crippen molar-refractivity contribution in [1.29, 1.82) is 0 Å². The number of nitrogens with one attached hydrogen (secondary N) is 1. The van der Waals surface area contributed by atoms with Gasteiger partial charge >= 0.3 is 0 Å². The summed E-state index contributed by atoms with van der Waals surface area (Å²) in [7, 11) is 0. The van der Waals surface area contributed by atoms with Gasteiger partial charge in [0.15, 0.2) is 0 Å². The van der Waals surface area contributed by atoms with E-state index in [0.717, 1.165) is 31.2 Å². The zero-order valence-electron chi connectivity index (χ0n) is 15.6. The van der Waals surface area contributed by atoms with E-state index in [1.165, 1.54) is 18.2 Å². The van der Waals surface area contributed by atoms with Gasteiger partial charge in [-0.1, -0.05) is 37.1 Å². The van der Waals surface area contributed by atoms with Crippen molar-refractivity contribution in [2.75, 3.05) is 0 Å². The first-order chi connectivity index (χ1) is 12.9. The molecule has 1 fully saturated rings. The summed E-state index contributed by atoms with van der Waals surface area (Å²) in [6.45, 7) is 4.23. The Kier molecular flexibility index (Phi) is 6.00. The fourth-order valence-corrected chi connectivity index (χ4v) is 3.98. The highest BCUT2D eigenvalue weighted by Crippen LogP contribution is 2.38. The van der Waals surface area contributed by atoms with Gasteiger partial charge in [-0.15, -0.1) is 0 Å². The third-order valence-corrected chi connectivity index (χ3v) is 5.61. The van der Waals surface area contributed by atoms with Crippen LogP contribution in [-0.4, -0.2) is 10.5 Å². The van der Waals surface area contributed by atoms with Gasteiger partial charge in [0.1, 0.15) is 5.82 Å². The Labute approximate surface area is 163 Å². The average Bonchev–Trinajstić information content (AvgIpc) is 2.56. The second-order valence-corrected chi connectivity index (χ2v) is 7.55. The Bertz CT molecular complexity index is 906. The van der Waals surface area contributed by atoms with E-state index >= 15 is 0 Å². The summed E-state index contributed by atoms with van der Waals surface area (Å²) in [5.74, 6) is -0.378. The number of rotatable bonds is 6. The summed E-state index contributed by atoms with van der Waals surface area (Å²) in [5.41, 5.74) is 1.41. The maximum absolute atomic E-state index is 13.7. The molecule has 0 aliphatic heterocycles. The lowest BCUT2D eigenvalue weighted by Crippen LogP contribution is -2.37. The molecule has 1 aliphatic carbocycles. The van der Waals surface area contributed by atoms with E-state index in [4.69, 9.17) is 11.6 Å². The zero-order chi connectivity index (χ0) is 19.6. The van der Waals surface area contributed by atoms with E-state index in [1.54, 1.807) is 17.6 Å². The minimum Gasteiger partial charge on any atom is -0.345 e. The molecule has 0 spiro atoms. The highest BCUT2D eigenvalue weighted by molar-refractivity contribution is 6.34. The van der Waals surface area contributed by atoms with E-state index in [-0.39, 0.29) is 34.3 Å². The molecular weight excluding hydrogens is 367 g/mol. The molecule has 4 nitrogen and oxygen atoms in total. The minimum absolute atomic E-state index is 0.147. The van der Waals surface area contributed by atoms with Crippen LogP contribution in [0.15, 0.2) is 35.1 Å². The number of carbonyl (C=O) groups is 1. The Morgan fingerprint density at radius 1 is 1.37 bits per heavy atom. The quantitative estimate of drug-likeness (QED) is 0.781. The first kappa shape index (κ1) is 19.6. The molecule has 3 rings (SSSR count). The van der Waals surface area contributed by atoms with E-state index in [2.05, 4.69) is 5.32 Å². The number of nitrogens with zero attached hydrogens (tertiary/aromatic N) is 1. The largest absolute Gasteiger partial charge is 0.345 e. The lowest BCUT2D eigenvalue weighted by molar-refractivity contribution is 0.0899. The van der Waals surface area contributed by atoms with Crippen molar-refractivity contribution in [2.45, 2.75) is 52.1 Å². The summed E-state index contributed by atoms with van der Waals surface area (Å²) in [4.78, 5) is 25.2. The number of pyridine rings is 1. The molecule has 1 atom stereocenters. The molecular formula is C21H24ClFN2O2. The van der Waals surface area contributed by atoms with E-state index < -0.39 is 0 Å². The number of amides is 1. The van der Waals surface area contributed by atoms with Crippen LogP contribution in [0.1, 0.15) is 60.3 Å². The highest BCUT2D eigenvalue weighted by atomic mass is 35.5. The second-order valence-electron chi connectivity index (χ2n) is 7.14. The molecule has 27 heavy (non-hydrogen) atoms. The summed E-state index contributed by atoms with van der Waals surface area (Å²) in [5, 5.41) is 3.19. The van der Waals surface area contributed by atoms with Gasteiger partial charge in [-0.2, -0.15) is 0 Å². The molecule has 1 aromatic carbocycles. The molecule has 0 saturated heterocycles. The van der Waals surface area contributed by atoms with Gasteiger partial charge in [0.25, 0.3) is 11.5 Å². The molecule has 1 aliphatic rings. The van der Waals surface area contributed by atoms with Crippen LogP contribution in [0.25, 0.3) is 0 Å². The summed E-state index contributed by atoms with van der Waals surface area (Å²) in [6, 6.07) is 7.37. The lowest BCUT2D eigenvalue weighted by atomic mass is 9.77. The van der Waals surface area contributed by atoms with Crippen LogP contribution < -0.4 is 10.9 Å². The van der Waals surface area contributed by atoms with Crippen LogP contribution in [-0.2, 0) is 6.54 Å². The van der Waals surface area contributed by atoms with Gasteiger partial charge in [0.05, 0.1) is 16.6 Å². The number of halogens is 2. The van der Waals surface area contributed by atoms with Crippen molar-refractivity contribution in [2.24, 2.45) is 5.92 Å². The van der Waals surface area contributed by atoms with Crippen molar-refractivity contribution in [3.05, 3.63) is 68.3 Å². The number of carbonyl (C=O) groups excluding carboxylic acids is 1. The molecule has 1 aromatic heterocycles. The third-order valence-electron chi connectivity index (χ3n) is 5.31. The molecule has 2 aromatic rings. The molecule has 1 amide bonds. The van der Waals surface area contributed by atoms with Crippen LogP contribution >= 0.6 is 11.6 Å². The Balaban J connectivity index is 1.95. The first-order valence-electron chi connectivity index (χ1n) is 9.38. The maximum Gasteiger partial charge on any atom is 0.255 e. The average molecular weight is 391 g/mol. The van der Waals surface area contributed by atoms with E-state index in [1.807, 2.05) is 13.0 Å². The van der Waals surface area contributed by atoms with Gasteiger partial charge in [-0.05, 0) is 49.8 Å². The first-order valence-corrected chi connectivity index (χ1v) is 9.76. The molecule has 6 heteroatoms. The standard InChI is InChI=1S/C21H24ClFN2O2/c1-3-10-25-13(2)19(17(22)12-18(25)26)21(27)24-20(14-6-4-7-14)15-8-5-9-16(23)11-15/h5,8-9,11-12,14,20H,3-4,6-7,10H2,1-2H3,(H,24,27)/t20-/m0/s1. The summed E-state index contributed by atoms with van der Waals surface area (Å²) >= 11 is 6.25. The van der Waals surface area contributed by atoms with Crippen LogP contribution in [0.5, 0.6) is 0 Å². The molecule has 0 radical (unpaired) electrons. The van der Waals surface area contributed by atoms with E-state index in [0.29, 0.717) is 17.8 Å². The second kappa shape index (κ2) is 8.26. The molecule has 0 unspecified atom stereocenters. The van der Waals surface area contributed by atoms with Crippen molar-refractivity contribution in [3.63, 3.8) is 0 Å². The number of hydrogen-bond acceptors (Lipinski definition) is 2. The summed E-state index contributed by atoms with van der Waals surface area (Å²) < 4.78 is 15.3. The van der Waals surface area contributed by atoms with Crippen molar-refractivity contribution < 1.29 is 9.18 Å². The SMILES string of the molecule is CCCn1c(C)c(C(=O)N[C@H](c2cccc(F)c2)C2CCC2)c(Cl)cc1=O. The molecule has 1 saturated carbocycles. The van der Waals surface area contributed by atoms with Gasteiger partial charge < -0.3 is 9.88 Å². The smallest absolute Gasteiger partial charge is 0.255 e. The fourth-order valence-electron chi connectivity index (χ4n) is 3.67. The minimum atomic E-state index is -0.330. The number of aromatic nitrogens is 1. The molecule has 1 heterocycles. The molecule has 144 valence electrons. The van der Waals surface area contributed by atoms with Crippen LogP contribution in [0, 0.1) is 18.7 Å². The van der Waals surface area contributed by atoms with Crippen molar-refractivity contribution in [3.8, 4) is 0 Å². The van der Waals surface area contributed by atoms with Crippen molar-refractivity contribution >= 4 is 17.5 Å². The number of benzene rings is 1. The van der Waals surface area contributed by atoms with E-state index in [9.17, 15) is 14.0 Å². The predicted octanol–water partition coefficient (Wildman–Crippen LogP) is 4.63. The van der Waals surface area contributed by atoms with Crippen molar-refractivity contribution in [1.82, 2.24) is 9.88 Å². The molecule has 1 N–H and O–H groups in total. The van der Waals surface area contributed by atoms with Crippen LogP contribution in [0.3, 0.4) is 0 Å². The zero-order valence-corrected chi connectivity index (χ0v) is 16.4.